The molecule has 0 fully saturated rings. The summed E-state index contributed by atoms with van der Waals surface area (Å²) < 4.78 is 57.0. The Bertz CT molecular complexity index is 1660. The minimum Gasteiger partial charge on any atom is -0.493 e. The summed E-state index contributed by atoms with van der Waals surface area (Å²) in [6.45, 7) is -0.568. The van der Waals surface area contributed by atoms with Crippen molar-refractivity contribution in [3.05, 3.63) is 71.1 Å². The van der Waals surface area contributed by atoms with Crippen LogP contribution in [0.3, 0.4) is 0 Å². The van der Waals surface area contributed by atoms with E-state index in [0.29, 0.717) is 11.5 Å². The molecule has 4 rings (SSSR count). The SMILES string of the molecule is COc1ccc(S(=O)(=O)Nc2nc(-c3cc[nH]c(=O)c3)nc(OCCO)c2Oc2ccccc2OC)cc1OC. The average molecular weight is 571 g/mol. The van der Waals surface area contributed by atoms with Gasteiger partial charge in [0.1, 0.15) is 6.61 Å². The van der Waals surface area contributed by atoms with Gasteiger partial charge in [-0.05, 0) is 30.3 Å². The summed E-state index contributed by atoms with van der Waals surface area (Å²) >= 11 is 0. The third kappa shape index (κ3) is 6.24. The normalized spacial score (nSPS) is 11.0. The highest BCUT2D eigenvalue weighted by molar-refractivity contribution is 7.92. The van der Waals surface area contributed by atoms with Gasteiger partial charge >= 0.3 is 0 Å². The Morgan fingerprint density at radius 2 is 1.60 bits per heavy atom. The number of aromatic nitrogens is 3. The number of aliphatic hydroxyl groups is 1. The first-order valence-electron chi connectivity index (χ1n) is 11.7. The number of pyridine rings is 1. The highest BCUT2D eigenvalue weighted by atomic mass is 32.2. The summed E-state index contributed by atoms with van der Waals surface area (Å²) in [5.41, 5.74) is -0.159. The van der Waals surface area contributed by atoms with Crippen molar-refractivity contribution in [2.24, 2.45) is 0 Å². The maximum atomic E-state index is 13.5. The number of anilines is 1. The van der Waals surface area contributed by atoms with Crippen LogP contribution in [0.2, 0.25) is 0 Å². The van der Waals surface area contributed by atoms with Crippen LogP contribution in [-0.4, -0.2) is 63.0 Å². The monoisotopic (exact) mass is 570 g/mol. The van der Waals surface area contributed by atoms with Crippen molar-refractivity contribution in [1.29, 1.82) is 0 Å². The summed E-state index contributed by atoms with van der Waals surface area (Å²) in [5, 5.41) is 9.40. The molecule has 0 amide bonds. The first kappa shape index (κ1) is 28.2. The molecule has 0 atom stereocenters. The second kappa shape index (κ2) is 12.4. The predicted molar refractivity (Wildman–Crippen MR) is 144 cm³/mol. The number of rotatable bonds is 12. The average Bonchev–Trinajstić information content (AvgIpc) is 2.96. The van der Waals surface area contributed by atoms with Crippen molar-refractivity contribution in [1.82, 2.24) is 15.0 Å². The summed E-state index contributed by atoms with van der Waals surface area (Å²) in [7, 11) is -0.0564. The largest absolute Gasteiger partial charge is 0.493 e. The molecule has 2 aromatic carbocycles. The molecule has 2 heterocycles. The molecule has 0 aliphatic carbocycles. The number of H-pyrrole nitrogens is 1. The Balaban J connectivity index is 1.90. The number of hydrogen-bond donors (Lipinski definition) is 3. The van der Waals surface area contributed by atoms with Gasteiger partial charge in [0.25, 0.3) is 15.9 Å². The quantitative estimate of drug-likeness (QED) is 0.229. The smallest absolute Gasteiger partial charge is 0.263 e. The van der Waals surface area contributed by atoms with E-state index in [1.54, 1.807) is 24.3 Å². The summed E-state index contributed by atoms with van der Waals surface area (Å²) in [6, 6.07) is 13.5. The molecule has 40 heavy (non-hydrogen) atoms. The van der Waals surface area contributed by atoms with Gasteiger partial charge in [-0.25, -0.2) is 13.4 Å². The number of nitrogens with zero attached hydrogens (tertiary/aromatic N) is 2. The van der Waals surface area contributed by atoms with Crippen LogP contribution in [0, 0.1) is 0 Å². The molecule has 3 N–H and O–H groups in total. The Morgan fingerprint density at radius 1 is 0.900 bits per heavy atom. The van der Waals surface area contributed by atoms with E-state index in [2.05, 4.69) is 19.7 Å². The second-order valence-electron chi connectivity index (χ2n) is 7.92. The fourth-order valence-corrected chi connectivity index (χ4v) is 4.55. The van der Waals surface area contributed by atoms with Gasteiger partial charge < -0.3 is 33.8 Å². The lowest BCUT2D eigenvalue weighted by Gasteiger charge is -2.18. The van der Waals surface area contributed by atoms with Crippen molar-refractivity contribution in [2.45, 2.75) is 4.90 Å². The molecular weight excluding hydrogens is 544 g/mol. The molecule has 14 heteroatoms. The van der Waals surface area contributed by atoms with Crippen molar-refractivity contribution in [3.63, 3.8) is 0 Å². The standard InChI is InChI=1S/C26H26N4O9S/c1-35-18-6-4-5-7-20(18)39-23-25(30-40(33,34)17-8-9-19(36-2)21(15-17)37-3)28-24(29-26(23)38-13-12-31)16-10-11-27-22(32)14-16/h4-11,14-15,31H,12-13H2,1-3H3,(H,27,32)(H,28,29,30). The number of benzene rings is 2. The Morgan fingerprint density at radius 3 is 2.27 bits per heavy atom. The summed E-state index contributed by atoms with van der Waals surface area (Å²) in [5.74, 6) is 0.303. The van der Waals surface area contributed by atoms with Crippen LogP contribution < -0.4 is 34.0 Å². The maximum Gasteiger partial charge on any atom is 0.263 e. The molecular formula is C26H26N4O9S. The van der Waals surface area contributed by atoms with Gasteiger partial charge in [-0.15, -0.1) is 0 Å². The van der Waals surface area contributed by atoms with E-state index in [-0.39, 0.29) is 58.4 Å². The fraction of sp³-hybridized carbons (Fsp3) is 0.192. The number of ether oxygens (including phenoxy) is 5. The van der Waals surface area contributed by atoms with E-state index in [0.717, 1.165) is 0 Å². The third-order valence-electron chi connectivity index (χ3n) is 5.38. The topological polar surface area (TPSA) is 171 Å². The second-order valence-corrected chi connectivity index (χ2v) is 9.60. The molecule has 0 spiro atoms. The minimum absolute atomic E-state index is 0.0450. The highest BCUT2D eigenvalue weighted by Crippen LogP contribution is 2.42. The molecule has 2 aromatic heterocycles. The molecule has 4 aromatic rings. The van der Waals surface area contributed by atoms with Gasteiger partial charge in [-0.1, -0.05) is 12.1 Å². The van der Waals surface area contributed by atoms with Gasteiger partial charge in [0.2, 0.25) is 11.3 Å². The number of methoxy groups -OCH3 is 3. The number of hydrogen-bond acceptors (Lipinski definition) is 11. The molecule has 0 radical (unpaired) electrons. The fourth-order valence-electron chi connectivity index (χ4n) is 3.53. The van der Waals surface area contributed by atoms with Crippen molar-refractivity contribution < 1.29 is 37.2 Å². The highest BCUT2D eigenvalue weighted by Gasteiger charge is 2.26. The van der Waals surface area contributed by atoms with E-state index < -0.39 is 15.6 Å². The molecule has 0 aliphatic rings. The van der Waals surface area contributed by atoms with Crippen LogP contribution in [0.1, 0.15) is 0 Å². The molecule has 0 bridgehead atoms. The Labute approximate surface area is 229 Å². The number of aromatic amines is 1. The van der Waals surface area contributed by atoms with E-state index in [4.69, 9.17) is 23.7 Å². The van der Waals surface area contributed by atoms with Crippen LogP contribution in [0.25, 0.3) is 11.4 Å². The first-order valence-corrected chi connectivity index (χ1v) is 13.2. The lowest BCUT2D eigenvalue weighted by molar-refractivity contribution is 0.192. The van der Waals surface area contributed by atoms with E-state index in [1.807, 2.05) is 0 Å². The molecule has 210 valence electrons. The van der Waals surface area contributed by atoms with Gasteiger partial charge in [-0.2, -0.15) is 4.98 Å². The molecule has 0 unspecified atom stereocenters. The first-order chi connectivity index (χ1) is 19.3. The lowest BCUT2D eigenvalue weighted by Crippen LogP contribution is -2.17. The van der Waals surface area contributed by atoms with Crippen LogP contribution in [-0.2, 0) is 10.0 Å². The van der Waals surface area contributed by atoms with Gasteiger partial charge in [0.15, 0.2) is 34.6 Å². The summed E-state index contributed by atoms with van der Waals surface area (Å²) in [4.78, 5) is 23.0. The molecule has 0 saturated carbocycles. The van der Waals surface area contributed by atoms with Gasteiger partial charge in [0.05, 0.1) is 32.8 Å². The molecule has 13 nitrogen and oxygen atoms in total. The maximum absolute atomic E-state index is 13.5. The van der Waals surface area contributed by atoms with Gasteiger partial charge in [-0.3, -0.25) is 9.52 Å². The van der Waals surface area contributed by atoms with Crippen LogP contribution in [0.15, 0.2) is 70.5 Å². The van der Waals surface area contributed by atoms with Crippen LogP contribution >= 0.6 is 0 Å². The zero-order valence-electron chi connectivity index (χ0n) is 21.7. The van der Waals surface area contributed by atoms with Crippen molar-refractivity contribution in [3.8, 4) is 46.0 Å². The van der Waals surface area contributed by atoms with Crippen molar-refractivity contribution in [2.75, 3.05) is 39.3 Å². The van der Waals surface area contributed by atoms with Gasteiger partial charge in [0, 0.05) is 23.9 Å². The molecule has 0 saturated heterocycles. The number of aliphatic hydroxyl groups excluding tert-OH is 1. The zero-order chi connectivity index (χ0) is 28.7. The zero-order valence-corrected chi connectivity index (χ0v) is 22.5. The van der Waals surface area contributed by atoms with E-state index >= 15 is 0 Å². The van der Waals surface area contributed by atoms with Crippen molar-refractivity contribution >= 4 is 15.8 Å². The third-order valence-corrected chi connectivity index (χ3v) is 6.71. The lowest BCUT2D eigenvalue weighted by atomic mass is 10.2. The van der Waals surface area contributed by atoms with E-state index in [1.165, 1.54) is 57.9 Å². The number of sulfonamides is 1. The summed E-state index contributed by atoms with van der Waals surface area (Å²) in [6.07, 6.45) is 1.39. The Hall–Kier alpha value is -4.82. The Kier molecular flexibility index (Phi) is 8.71. The number of nitrogens with one attached hydrogen (secondary N) is 2. The predicted octanol–water partition coefficient (Wildman–Crippen LogP) is 2.82. The number of para-hydroxylation sites is 2. The molecule has 0 aliphatic heterocycles. The van der Waals surface area contributed by atoms with Crippen LogP contribution in [0.5, 0.6) is 34.6 Å². The van der Waals surface area contributed by atoms with Crippen LogP contribution in [0.4, 0.5) is 5.82 Å². The minimum atomic E-state index is -4.31. The van der Waals surface area contributed by atoms with E-state index in [9.17, 15) is 18.3 Å².